The minimum Gasteiger partial charge on any atom is -0.347 e. The Hall–Kier alpha value is -0.0800. The molecule has 2 heteroatoms. The molecule has 2 fully saturated rings. The van der Waals surface area contributed by atoms with Gasteiger partial charge in [0, 0.05) is 12.8 Å². The van der Waals surface area contributed by atoms with E-state index >= 15 is 0 Å². The summed E-state index contributed by atoms with van der Waals surface area (Å²) < 4.78 is 10.3. The SMILES string of the molecule is [CH]1COC2(CC2)O1. The lowest BCUT2D eigenvalue weighted by atomic mass is 10.7. The highest BCUT2D eigenvalue weighted by Crippen LogP contribution is 2.44. The van der Waals surface area contributed by atoms with Crippen molar-refractivity contribution in [2.75, 3.05) is 6.61 Å². The molecule has 1 aliphatic heterocycles. The smallest absolute Gasteiger partial charge is 0.169 e. The van der Waals surface area contributed by atoms with Crippen molar-refractivity contribution in [3.8, 4) is 0 Å². The van der Waals surface area contributed by atoms with Crippen LogP contribution >= 0.6 is 0 Å². The van der Waals surface area contributed by atoms with Crippen LogP contribution in [-0.2, 0) is 9.47 Å². The predicted octanol–water partition coefficient (Wildman–Crippen LogP) is 0.685. The second kappa shape index (κ2) is 1.01. The van der Waals surface area contributed by atoms with Crippen LogP contribution in [0.25, 0.3) is 0 Å². The highest BCUT2D eigenvalue weighted by molar-refractivity contribution is 4.91. The maximum Gasteiger partial charge on any atom is 0.169 e. The zero-order chi connectivity index (χ0) is 4.74. The molecule has 1 saturated heterocycles. The fourth-order valence-electron chi connectivity index (χ4n) is 0.770. The van der Waals surface area contributed by atoms with Crippen molar-refractivity contribution in [3.05, 3.63) is 6.61 Å². The van der Waals surface area contributed by atoms with Gasteiger partial charge in [-0.3, -0.25) is 0 Å². The fourth-order valence-corrected chi connectivity index (χ4v) is 0.770. The van der Waals surface area contributed by atoms with E-state index < -0.39 is 0 Å². The lowest BCUT2D eigenvalue weighted by Gasteiger charge is -2.00. The van der Waals surface area contributed by atoms with Crippen molar-refractivity contribution in [1.82, 2.24) is 0 Å². The number of rotatable bonds is 0. The van der Waals surface area contributed by atoms with Crippen LogP contribution in [0.3, 0.4) is 0 Å². The number of ether oxygens (including phenoxy) is 2. The third kappa shape index (κ3) is 0.469. The van der Waals surface area contributed by atoms with E-state index in [-0.39, 0.29) is 5.79 Å². The van der Waals surface area contributed by atoms with Crippen molar-refractivity contribution in [2.24, 2.45) is 0 Å². The summed E-state index contributed by atoms with van der Waals surface area (Å²) in [5.74, 6) is -0.111. The third-order valence-corrected chi connectivity index (χ3v) is 1.37. The Morgan fingerprint density at radius 3 is 2.57 bits per heavy atom. The van der Waals surface area contributed by atoms with Crippen LogP contribution in [-0.4, -0.2) is 12.4 Å². The minimum absolute atomic E-state index is 0.111. The van der Waals surface area contributed by atoms with Gasteiger partial charge in [0.25, 0.3) is 0 Å². The Balaban J connectivity index is 2.07. The lowest BCUT2D eigenvalue weighted by molar-refractivity contribution is -0.0599. The first-order valence-corrected chi connectivity index (χ1v) is 2.55. The van der Waals surface area contributed by atoms with Crippen LogP contribution in [0, 0.1) is 6.61 Å². The molecule has 7 heavy (non-hydrogen) atoms. The third-order valence-electron chi connectivity index (χ3n) is 1.37. The fraction of sp³-hybridized carbons (Fsp3) is 0.800. The van der Waals surface area contributed by atoms with Gasteiger partial charge in [0.15, 0.2) is 5.79 Å². The summed E-state index contributed by atoms with van der Waals surface area (Å²) in [7, 11) is 0. The molecule has 39 valence electrons. The van der Waals surface area contributed by atoms with Crippen LogP contribution in [0.5, 0.6) is 0 Å². The van der Waals surface area contributed by atoms with Crippen LogP contribution < -0.4 is 0 Å². The predicted molar refractivity (Wildman–Crippen MR) is 23.3 cm³/mol. The monoisotopic (exact) mass is 99.0 g/mol. The molecular weight excluding hydrogens is 92.1 g/mol. The Labute approximate surface area is 42.4 Å². The van der Waals surface area contributed by atoms with Crippen molar-refractivity contribution < 1.29 is 9.47 Å². The summed E-state index contributed by atoms with van der Waals surface area (Å²) in [6, 6.07) is 0. The molecule has 0 amide bonds. The van der Waals surface area contributed by atoms with Crippen LogP contribution in [0.1, 0.15) is 12.8 Å². The van der Waals surface area contributed by atoms with Crippen LogP contribution in [0.2, 0.25) is 0 Å². The summed E-state index contributed by atoms with van der Waals surface area (Å²) in [6.07, 6.45) is 2.17. The Morgan fingerprint density at radius 1 is 1.43 bits per heavy atom. The van der Waals surface area contributed by atoms with Crippen molar-refractivity contribution in [3.63, 3.8) is 0 Å². The van der Waals surface area contributed by atoms with Gasteiger partial charge in [0.1, 0.15) is 6.61 Å². The Kier molecular flexibility index (Phi) is 0.557. The first-order chi connectivity index (χ1) is 3.41. The molecule has 1 radical (unpaired) electrons. The molecule has 2 rings (SSSR count). The molecule has 1 saturated carbocycles. The van der Waals surface area contributed by atoms with E-state index in [4.69, 9.17) is 9.47 Å². The molecule has 0 aromatic carbocycles. The topological polar surface area (TPSA) is 18.5 Å². The lowest BCUT2D eigenvalue weighted by Crippen LogP contribution is -2.05. The van der Waals surface area contributed by atoms with E-state index in [0.29, 0.717) is 6.61 Å². The van der Waals surface area contributed by atoms with Gasteiger partial charge in [0.2, 0.25) is 0 Å². The molecule has 0 N–H and O–H groups in total. The first-order valence-electron chi connectivity index (χ1n) is 2.55. The van der Waals surface area contributed by atoms with E-state index in [0.717, 1.165) is 12.8 Å². The van der Waals surface area contributed by atoms with Gasteiger partial charge in [-0.15, -0.1) is 0 Å². The molecule has 2 nitrogen and oxygen atoms in total. The molecule has 0 aromatic heterocycles. The molecule has 1 spiro atoms. The number of hydrogen-bond donors (Lipinski definition) is 0. The van der Waals surface area contributed by atoms with Crippen molar-refractivity contribution >= 4 is 0 Å². The largest absolute Gasteiger partial charge is 0.347 e. The zero-order valence-electron chi connectivity index (χ0n) is 4.02. The molecule has 0 aromatic rings. The van der Waals surface area contributed by atoms with Crippen molar-refractivity contribution in [1.29, 1.82) is 0 Å². The van der Waals surface area contributed by atoms with Crippen LogP contribution in [0.15, 0.2) is 0 Å². The Morgan fingerprint density at radius 2 is 2.29 bits per heavy atom. The van der Waals surface area contributed by atoms with Crippen molar-refractivity contribution in [2.45, 2.75) is 18.6 Å². The Bertz CT molecular complexity index is 78.1. The van der Waals surface area contributed by atoms with Gasteiger partial charge in [-0.2, -0.15) is 0 Å². The van der Waals surface area contributed by atoms with E-state index in [9.17, 15) is 0 Å². The average molecular weight is 99.1 g/mol. The standard InChI is InChI=1S/C5H7O2/c1-2-5(1)6-3-4-7-5/h3H,1-2,4H2. The van der Waals surface area contributed by atoms with E-state index in [1.54, 1.807) is 6.61 Å². The van der Waals surface area contributed by atoms with Gasteiger partial charge < -0.3 is 9.47 Å². The molecule has 1 heterocycles. The first kappa shape index (κ1) is 3.87. The van der Waals surface area contributed by atoms with Gasteiger partial charge >= 0.3 is 0 Å². The average Bonchev–Trinajstić information content (AvgIpc) is 2.15. The molecule has 0 atom stereocenters. The summed E-state index contributed by atoms with van der Waals surface area (Å²) in [4.78, 5) is 0. The van der Waals surface area contributed by atoms with E-state index in [1.165, 1.54) is 0 Å². The number of hydrogen-bond acceptors (Lipinski definition) is 2. The maximum atomic E-state index is 5.17. The highest BCUT2D eigenvalue weighted by Gasteiger charge is 2.48. The van der Waals surface area contributed by atoms with Gasteiger partial charge in [0.05, 0.1) is 6.61 Å². The van der Waals surface area contributed by atoms with E-state index in [1.807, 2.05) is 0 Å². The highest BCUT2D eigenvalue weighted by atomic mass is 16.7. The van der Waals surface area contributed by atoms with Gasteiger partial charge in [-0.25, -0.2) is 0 Å². The molecular formula is C5H7O2. The summed E-state index contributed by atoms with van der Waals surface area (Å²) in [5, 5.41) is 0. The molecule has 1 aliphatic carbocycles. The molecule has 0 unspecified atom stereocenters. The normalized spacial score (nSPS) is 34.3. The summed E-state index contributed by atoms with van der Waals surface area (Å²) in [5.41, 5.74) is 0. The van der Waals surface area contributed by atoms with Crippen LogP contribution in [0.4, 0.5) is 0 Å². The van der Waals surface area contributed by atoms with Gasteiger partial charge in [-0.05, 0) is 0 Å². The molecule has 2 aliphatic rings. The molecule has 0 bridgehead atoms. The quantitative estimate of drug-likeness (QED) is 0.444. The minimum atomic E-state index is -0.111. The second-order valence-electron chi connectivity index (χ2n) is 2.01. The summed E-state index contributed by atoms with van der Waals surface area (Å²) >= 11 is 0. The maximum absolute atomic E-state index is 5.17. The van der Waals surface area contributed by atoms with Gasteiger partial charge in [-0.1, -0.05) is 0 Å². The second-order valence-corrected chi connectivity index (χ2v) is 2.01. The zero-order valence-corrected chi connectivity index (χ0v) is 4.02. The van der Waals surface area contributed by atoms with E-state index in [2.05, 4.69) is 0 Å². The summed E-state index contributed by atoms with van der Waals surface area (Å²) in [6.45, 7) is 2.41.